The van der Waals surface area contributed by atoms with Gasteiger partial charge in [0.05, 0.1) is 19.3 Å². The summed E-state index contributed by atoms with van der Waals surface area (Å²) < 4.78 is 29.4. The maximum absolute atomic E-state index is 12.1. The Hall–Kier alpha value is -0.260. The minimum atomic E-state index is -2.31. The van der Waals surface area contributed by atoms with E-state index in [-0.39, 0.29) is 12.6 Å². The van der Waals surface area contributed by atoms with Crippen LogP contribution in [0.5, 0.6) is 0 Å². The van der Waals surface area contributed by atoms with Gasteiger partial charge in [-0.1, -0.05) is 0 Å². The zero-order valence-electron chi connectivity index (χ0n) is 8.88. The van der Waals surface area contributed by atoms with Crippen molar-refractivity contribution < 1.29 is 13.5 Å². The molecule has 2 N–H and O–H groups in total. The maximum atomic E-state index is 12.1. The average molecular weight is 210 g/mol. The van der Waals surface area contributed by atoms with E-state index in [2.05, 4.69) is 0 Å². The zero-order valence-corrected chi connectivity index (χ0v) is 8.88. The standard InChI is InChI=1S/C9H20F2N2O/c1-8(2)14-6-5-13(4-3-12)7-9(10)11/h8-9H,3-7,12H2,1-2H3. The first-order valence-electron chi connectivity index (χ1n) is 4.88. The molecule has 0 aromatic carbocycles. The first-order valence-corrected chi connectivity index (χ1v) is 4.88. The van der Waals surface area contributed by atoms with Crippen LogP contribution in [0.15, 0.2) is 0 Å². The minimum Gasteiger partial charge on any atom is -0.377 e. The van der Waals surface area contributed by atoms with Gasteiger partial charge in [-0.2, -0.15) is 0 Å². The van der Waals surface area contributed by atoms with Crippen LogP contribution in [0, 0.1) is 0 Å². The Morgan fingerprint density at radius 3 is 2.36 bits per heavy atom. The van der Waals surface area contributed by atoms with E-state index < -0.39 is 6.43 Å². The van der Waals surface area contributed by atoms with Crippen molar-refractivity contribution >= 4 is 0 Å². The molecule has 3 nitrogen and oxygen atoms in total. The summed E-state index contributed by atoms with van der Waals surface area (Å²) in [5.74, 6) is 0. The number of hydrogen-bond donors (Lipinski definition) is 1. The highest BCUT2D eigenvalue weighted by Gasteiger charge is 2.10. The summed E-state index contributed by atoms with van der Waals surface area (Å²) in [4.78, 5) is 1.62. The molecule has 0 heterocycles. The predicted octanol–water partition coefficient (Wildman–Crippen LogP) is 0.937. The highest BCUT2D eigenvalue weighted by atomic mass is 19.3. The minimum absolute atomic E-state index is 0.140. The molecule has 0 rings (SSSR count). The summed E-state index contributed by atoms with van der Waals surface area (Å²) >= 11 is 0. The smallest absolute Gasteiger partial charge is 0.251 e. The van der Waals surface area contributed by atoms with Gasteiger partial charge in [0.2, 0.25) is 0 Å². The number of hydrogen-bond acceptors (Lipinski definition) is 3. The lowest BCUT2D eigenvalue weighted by atomic mass is 10.4. The van der Waals surface area contributed by atoms with Crippen LogP contribution in [0.25, 0.3) is 0 Å². The molecule has 0 saturated heterocycles. The third-order valence-electron chi connectivity index (χ3n) is 1.70. The number of alkyl halides is 2. The van der Waals surface area contributed by atoms with Crippen molar-refractivity contribution in [2.24, 2.45) is 5.73 Å². The second kappa shape index (κ2) is 8.08. The number of nitrogens with zero attached hydrogens (tertiary/aromatic N) is 1. The van der Waals surface area contributed by atoms with Crippen molar-refractivity contribution in [2.75, 3.05) is 32.8 Å². The van der Waals surface area contributed by atoms with Crippen molar-refractivity contribution in [2.45, 2.75) is 26.4 Å². The van der Waals surface area contributed by atoms with Crippen LogP contribution in [0.4, 0.5) is 8.78 Å². The highest BCUT2D eigenvalue weighted by Crippen LogP contribution is 1.98. The van der Waals surface area contributed by atoms with Crippen LogP contribution < -0.4 is 5.73 Å². The first kappa shape index (κ1) is 13.7. The average Bonchev–Trinajstić information content (AvgIpc) is 2.02. The van der Waals surface area contributed by atoms with E-state index in [0.29, 0.717) is 26.2 Å². The summed E-state index contributed by atoms with van der Waals surface area (Å²) in [7, 11) is 0. The fourth-order valence-electron chi connectivity index (χ4n) is 1.09. The van der Waals surface area contributed by atoms with Crippen molar-refractivity contribution in [3.8, 4) is 0 Å². The van der Waals surface area contributed by atoms with E-state index in [1.54, 1.807) is 4.90 Å². The third-order valence-corrected chi connectivity index (χ3v) is 1.70. The van der Waals surface area contributed by atoms with E-state index >= 15 is 0 Å². The molecule has 0 aliphatic rings. The lowest BCUT2D eigenvalue weighted by Gasteiger charge is -2.21. The van der Waals surface area contributed by atoms with Gasteiger partial charge in [0.1, 0.15) is 0 Å². The second-order valence-electron chi connectivity index (χ2n) is 3.40. The van der Waals surface area contributed by atoms with Gasteiger partial charge in [0.25, 0.3) is 6.43 Å². The zero-order chi connectivity index (χ0) is 11.0. The number of nitrogens with two attached hydrogens (primary N) is 1. The molecule has 0 bridgehead atoms. The Bertz CT molecular complexity index is 134. The van der Waals surface area contributed by atoms with E-state index in [1.807, 2.05) is 13.8 Å². The Morgan fingerprint density at radius 2 is 1.93 bits per heavy atom. The van der Waals surface area contributed by atoms with Gasteiger partial charge in [0.15, 0.2) is 0 Å². The van der Waals surface area contributed by atoms with Crippen LogP contribution in [-0.4, -0.2) is 50.2 Å². The van der Waals surface area contributed by atoms with Crippen LogP contribution in [0.2, 0.25) is 0 Å². The fraction of sp³-hybridized carbons (Fsp3) is 1.00. The largest absolute Gasteiger partial charge is 0.377 e. The molecule has 86 valence electrons. The molecule has 0 spiro atoms. The SMILES string of the molecule is CC(C)OCCN(CCN)CC(F)F. The Labute approximate surface area is 84.2 Å². The Balaban J connectivity index is 3.61. The van der Waals surface area contributed by atoms with Crippen LogP contribution in [-0.2, 0) is 4.74 Å². The van der Waals surface area contributed by atoms with Crippen LogP contribution in [0.3, 0.4) is 0 Å². The molecule has 0 fully saturated rings. The topological polar surface area (TPSA) is 38.5 Å². The molecule has 0 aromatic heterocycles. The predicted molar refractivity (Wildman–Crippen MR) is 52.6 cm³/mol. The molecule has 5 heteroatoms. The van der Waals surface area contributed by atoms with Gasteiger partial charge in [-0.3, -0.25) is 4.90 Å². The lowest BCUT2D eigenvalue weighted by Crippen LogP contribution is -2.36. The van der Waals surface area contributed by atoms with Crippen molar-refractivity contribution in [3.05, 3.63) is 0 Å². The summed E-state index contributed by atoms with van der Waals surface area (Å²) in [6.45, 7) is 5.49. The fourth-order valence-corrected chi connectivity index (χ4v) is 1.09. The molecule has 0 unspecified atom stereocenters. The summed E-state index contributed by atoms with van der Waals surface area (Å²) in [6, 6.07) is 0. The van der Waals surface area contributed by atoms with Gasteiger partial charge in [-0.15, -0.1) is 0 Å². The second-order valence-corrected chi connectivity index (χ2v) is 3.40. The van der Waals surface area contributed by atoms with E-state index in [9.17, 15) is 8.78 Å². The van der Waals surface area contributed by atoms with Gasteiger partial charge in [-0.25, -0.2) is 8.78 Å². The van der Waals surface area contributed by atoms with Crippen LogP contribution in [0.1, 0.15) is 13.8 Å². The van der Waals surface area contributed by atoms with Gasteiger partial charge in [0, 0.05) is 19.6 Å². The van der Waals surface area contributed by atoms with E-state index in [1.165, 1.54) is 0 Å². The van der Waals surface area contributed by atoms with Crippen molar-refractivity contribution in [3.63, 3.8) is 0 Å². The summed E-state index contributed by atoms with van der Waals surface area (Å²) in [5.41, 5.74) is 5.31. The van der Waals surface area contributed by atoms with Crippen LogP contribution >= 0.6 is 0 Å². The molecule has 0 aliphatic carbocycles. The van der Waals surface area contributed by atoms with E-state index in [4.69, 9.17) is 10.5 Å². The Kier molecular flexibility index (Phi) is 7.93. The number of halogens is 2. The first-order chi connectivity index (χ1) is 6.56. The molecule has 0 saturated carbocycles. The molecule has 0 aromatic rings. The monoisotopic (exact) mass is 210 g/mol. The molecule has 0 radical (unpaired) electrons. The molecule has 0 atom stereocenters. The van der Waals surface area contributed by atoms with Crippen molar-refractivity contribution in [1.29, 1.82) is 0 Å². The number of ether oxygens (including phenoxy) is 1. The van der Waals surface area contributed by atoms with Gasteiger partial charge < -0.3 is 10.5 Å². The highest BCUT2D eigenvalue weighted by molar-refractivity contribution is 4.59. The normalized spacial score (nSPS) is 12.0. The summed E-state index contributed by atoms with van der Waals surface area (Å²) in [5, 5.41) is 0. The van der Waals surface area contributed by atoms with E-state index in [0.717, 1.165) is 0 Å². The maximum Gasteiger partial charge on any atom is 0.251 e. The molecular formula is C9H20F2N2O. The Morgan fingerprint density at radius 1 is 1.29 bits per heavy atom. The lowest BCUT2D eigenvalue weighted by molar-refractivity contribution is 0.0386. The van der Waals surface area contributed by atoms with Gasteiger partial charge in [-0.05, 0) is 13.8 Å². The molecular weight excluding hydrogens is 190 g/mol. The molecule has 0 aliphatic heterocycles. The molecule has 0 amide bonds. The third kappa shape index (κ3) is 8.34. The molecule has 14 heavy (non-hydrogen) atoms. The quantitative estimate of drug-likeness (QED) is 0.648. The number of rotatable bonds is 8. The van der Waals surface area contributed by atoms with Crippen molar-refractivity contribution in [1.82, 2.24) is 4.90 Å². The van der Waals surface area contributed by atoms with Gasteiger partial charge >= 0.3 is 0 Å². The summed E-state index contributed by atoms with van der Waals surface area (Å²) in [6.07, 6.45) is -2.16.